The van der Waals surface area contributed by atoms with Crippen molar-refractivity contribution in [2.75, 3.05) is 11.9 Å². The summed E-state index contributed by atoms with van der Waals surface area (Å²) in [5.41, 5.74) is 5.28. The van der Waals surface area contributed by atoms with Gasteiger partial charge >= 0.3 is 0 Å². The average Bonchev–Trinajstić information content (AvgIpc) is 3.08. The maximum absolute atomic E-state index is 13.0. The predicted molar refractivity (Wildman–Crippen MR) is 147 cm³/mol. The molecule has 0 radical (unpaired) electrons. The molecule has 1 fully saturated rings. The molecule has 0 atom stereocenters. The van der Waals surface area contributed by atoms with Gasteiger partial charge in [-0.2, -0.15) is 0 Å². The number of carbonyl (C=O) groups is 3. The summed E-state index contributed by atoms with van der Waals surface area (Å²) in [6.07, 6.45) is 1.63. The number of amides is 3. The molecule has 0 aromatic heterocycles. The van der Waals surface area contributed by atoms with E-state index >= 15 is 0 Å². The number of ether oxygens (including phenoxy) is 1. The van der Waals surface area contributed by atoms with E-state index in [-0.39, 0.29) is 30.2 Å². The zero-order chi connectivity index (χ0) is 25.8. The first-order valence-corrected chi connectivity index (χ1v) is 12.9. The van der Waals surface area contributed by atoms with Crippen LogP contribution in [-0.2, 0) is 16.1 Å². The molecule has 3 aromatic rings. The van der Waals surface area contributed by atoms with Crippen molar-refractivity contribution in [3.05, 3.63) is 97.9 Å². The van der Waals surface area contributed by atoms with Gasteiger partial charge in [-0.25, -0.2) is 0 Å². The fraction of sp³-hybridized carbons (Fsp3) is 0.179. The Morgan fingerprint density at radius 2 is 1.81 bits per heavy atom. The summed E-state index contributed by atoms with van der Waals surface area (Å²) in [4.78, 5) is 39.7. The fourth-order valence-electron chi connectivity index (χ4n) is 3.73. The molecule has 6 nitrogen and oxygen atoms in total. The Morgan fingerprint density at radius 1 is 1.03 bits per heavy atom. The standard InChI is InChI=1S/C28H25BrN2O4S/c1-17-5-4-6-20(11-17)15-31-27(33)25(36-28(31)34)14-21-13-22(29)9-10-24(21)35-16-26(32)30-23-12-18(2)7-8-19(23)3/h4-14H,15-16H2,1-3H3,(H,30,32)/b25-14-. The van der Waals surface area contributed by atoms with Crippen LogP contribution in [0.4, 0.5) is 10.5 Å². The Balaban J connectivity index is 1.49. The number of nitrogens with zero attached hydrogens (tertiary/aromatic N) is 1. The van der Waals surface area contributed by atoms with Crippen molar-refractivity contribution in [3.63, 3.8) is 0 Å². The molecule has 8 heteroatoms. The summed E-state index contributed by atoms with van der Waals surface area (Å²) in [7, 11) is 0. The summed E-state index contributed by atoms with van der Waals surface area (Å²) >= 11 is 4.33. The molecule has 3 amide bonds. The Hall–Kier alpha value is -3.36. The van der Waals surface area contributed by atoms with E-state index in [4.69, 9.17) is 4.74 Å². The number of anilines is 1. The molecule has 0 spiro atoms. The van der Waals surface area contributed by atoms with E-state index < -0.39 is 0 Å². The van der Waals surface area contributed by atoms with E-state index in [1.165, 1.54) is 4.90 Å². The second kappa shape index (κ2) is 11.1. The van der Waals surface area contributed by atoms with Gasteiger partial charge in [0.1, 0.15) is 5.75 Å². The number of aryl methyl sites for hydroxylation is 3. The van der Waals surface area contributed by atoms with Crippen molar-refractivity contribution in [1.29, 1.82) is 0 Å². The quantitative estimate of drug-likeness (QED) is 0.326. The molecular weight excluding hydrogens is 540 g/mol. The number of hydrogen-bond donors (Lipinski definition) is 1. The number of hydrogen-bond acceptors (Lipinski definition) is 5. The third-order valence-corrected chi connectivity index (χ3v) is 6.98. The second-order valence-electron chi connectivity index (χ2n) is 8.59. The Labute approximate surface area is 222 Å². The van der Waals surface area contributed by atoms with Gasteiger partial charge in [-0.3, -0.25) is 19.3 Å². The lowest BCUT2D eigenvalue weighted by atomic mass is 10.1. The molecule has 0 saturated carbocycles. The molecule has 0 bridgehead atoms. The first-order valence-electron chi connectivity index (χ1n) is 11.3. The first-order chi connectivity index (χ1) is 17.2. The molecule has 3 aromatic carbocycles. The number of nitrogens with one attached hydrogen (secondary N) is 1. The molecule has 1 aliphatic rings. The minimum Gasteiger partial charge on any atom is -0.483 e. The highest BCUT2D eigenvalue weighted by Gasteiger charge is 2.35. The molecule has 184 valence electrons. The number of halogens is 1. The summed E-state index contributed by atoms with van der Waals surface area (Å²) < 4.78 is 6.59. The maximum atomic E-state index is 13.0. The minimum absolute atomic E-state index is 0.204. The normalized spacial score (nSPS) is 14.4. The molecule has 1 N–H and O–H groups in total. The predicted octanol–water partition coefficient (Wildman–Crippen LogP) is 6.63. The molecule has 1 heterocycles. The van der Waals surface area contributed by atoms with Gasteiger partial charge in [-0.1, -0.05) is 57.9 Å². The van der Waals surface area contributed by atoms with Crippen molar-refractivity contribution in [3.8, 4) is 5.75 Å². The van der Waals surface area contributed by atoms with Crippen LogP contribution < -0.4 is 10.1 Å². The Morgan fingerprint density at radius 3 is 2.58 bits per heavy atom. The molecular formula is C28H25BrN2O4S. The number of imide groups is 1. The largest absolute Gasteiger partial charge is 0.483 e. The van der Waals surface area contributed by atoms with E-state index in [0.29, 0.717) is 16.2 Å². The molecule has 36 heavy (non-hydrogen) atoms. The van der Waals surface area contributed by atoms with E-state index in [2.05, 4.69) is 21.2 Å². The van der Waals surface area contributed by atoms with Gasteiger partial charge in [-0.15, -0.1) is 0 Å². The van der Waals surface area contributed by atoms with Crippen LogP contribution >= 0.6 is 27.7 Å². The van der Waals surface area contributed by atoms with E-state index in [1.807, 2.05) is 63.2 Å². The van der Waals surface area contributed by atoms with Gasteiger partial charge < -0.3 is 10.1 Å². The third kappa shape index (κ3) is 6.25. The molecule has 0 aliphatic carbocycles. The number of rotatable bonds is 7. The van der Waals surface area contributed by atoms with Gasteiger partial charge in [0, 0.05) is 15.7 Å². The van der Waals surface area contributed by atoms with Crippen molar-refractivity contribution < 1.29 is 19.1 Å². The van der Waals surface area contributed by atoms with Crippen LogP contribution in [0, 0.1) is 20.8 Å². The topological polar surface area (TPSA) is 75.7 Å². The van der Waals surface area contributed by atoms with Crippen molar-refractivity contribution in [2.45, 2.75) is 27.3 Å². The van der Waals surface area contributed by atoms with Crippen LogP contribution in [0.15, 0.2) is 70.0 Å². The molecule has 1 saturated heterocycles. The van der Waals surface area contributed by atoms with Gasteiger partial charge in [-0.05, 0) is 79.6 Å². The summed E-state index contributed by atoms with van der Waals surface area (Å²) in [6.45, 7) is 5.86. The highest BCUT2D eigenvalue weighted by Crippen LogP contribution is 2.35. The summed E-state index contributed by atoms with van der Waals surface area (Å²) in [5.74, 6) is -0.221. The van der Waals surface area contributed by atoms with Gasteiger partial charge in [0.2, 0.25) is 0 Å². The van der Waals surface area contributed by atoms with E-state index in [9.17, 15) is 14.4 Å². The van der Waals surface area contributed by atoms with E-state index in [0.717, 1.165) is 44.2 Å². The van der Waals surface area contributed by atoms with Crippen LogP contribution in [0.1, 0.15) is 27.8 Å². The lowest BCUT2D eigenvalue weighted by molar-refractivity contribution is -0.123. The Kier molecular flexibility index (Phi) is 7.96. The number of carbonyl (C=O) groups excluding carboxylic acids is 3. The fourth-order valence-corrected chi connectivity index (χ4v) is 4.94. The zero-order valence-electron chi connectivity index (χ0n) is 20.1. The third-order valence-electron chi connectivity index (χ3n) is 5.58. The second-order valence-corrected chi connectivity index (χ2v) is 10.5. The smallest absolute Gasteiger partial charge is 0.293 e. The summed E-state index contributed by atoms with van der Waals surface area (Å²) in [5, 5.41) is 2.55. The van der Waals surface area contributed by atoms with Gasteiger partial charge in [0.15, 0.2) is 6.61 Å². The lowest BCUT2D eigenvalue weighted by Gasteiger charge is -2.13. The van der Waals surface area contributed by atoms with Crippen molar-refractivity contribution in [2.24, 2.45) is 0 Å². The van der Waals surface area contributed by atoms with Crippen LogP contribution in [0.2, 0.25) is 0 Å². The zero-order valence-corrected chi connectivity index (χ0v) is 22.5. The first kappa shape index (κ1) is 25.7. The molecule has 0 unspecified atom stereocenters. The van der Waals surface area contributed by atoms with Crippen molar-refractivity contribution >= 4 is 56.5 Å². The highest BCUT2D eigenvalue weighted by molar-refractivity contribution is 9.10. The van der Waals surface area contributed by atoms with Crippen molar-refractivity contribution in [1.82, 2.24) is 4.90 Å². The average molecular weight is 565 g/mol. The maximum Gasteiger partial charge on any atom is 0.293 e. The SMILES string of the molecule is Cc1cccc(CN2C(=O)S/C(=C\c3cc(Br)ccc3OCC(=O)Nc3cc(C)ccc3C)C2=O)c1. The number of benzene rings is 3. The van der Waals surface area contributed by atoms with Crippen LogP contribution in [-0.4, -0.2) is 28.6 Å². The summed E-state index contributed by atoms with van der Waals surface area (Å²) in [6, 6.07) is 18.9. The van der Waals surface area contributed by atoms with Gasteiger partial charge in [0.05, 0.1) is 11.4 Å². The van der Waals surface area contributed by atoms with Gasteiger partial charge in [0.25, 0.3) is 17.1 Å². The minimum atomic E-state index is -0.356. The van der Waals surface area contributed by atoms with Crippen LogP contribution in [0.25, 0.3) is 6.08 Å². The van der Waals surface area contributed by atoms with E-state index in [1.54, 1.807) is 24.3 Å². The lowest BCUT2D eigenvalue weighted by Crippen LogP contribution is -2.27. The Bertz CT molecular complexity index is 1390. The monoisotopic (exact) mass is 564 g/mol. The van der Waals surface area contributed by atoms with Crippen LogP contribution in [0.5, 0.6) is 5.75 Å². The molecule has 1 aliphatic heterocycles. The highest BCUT2D eigenvalue weighted by atomic mass is 79.9. The number of thioether (sulfide) groups is 1. The molecule has 4 rings (SSSR count). The van der Waals surface area contributed by atoms with Crippen LogP contribution in [0.3, 0.4) is 0 Å².